The molecule has 9 nitrogen and oxygen atoms in total. The number of anilines is 1. The quantitative estimate of drug-likeness (QED) is 0.462. The van der Waals surface area contributed by atoms with E-state index in [0.717, 1.165) is 53.8 Å². The average Bonchev–Trinajstić information content (AvgIpc) is 2.90. The van der Waals surface area contributed by atoms with Gasteiger partial charge in [-0.2, -0.15) is 0 Å². The van der Waals surface area contributed by atoms with Gasteiger partial charge in [-0.25, -0.2) is 8.42 Å². The first-order valence-electron chi connectivity index (χ1n) is 12.9. The van der Waals surface area contributed by atoms with Crippen LogP contribution in [-0.4, -0.2) is 64.2 Å². The number of sulfonamides is 1. The molecule has 0 aliphatic heterocycles. The second kappa shape index (κ2) is 13.0. The molecule has 0 aromatic heterocycles. The van der Waals surface area contributed by atoms with E-state index in [9.17, 15) is 18.0 Å². The monoisotopic (exact) mass is 545 g/mol. The molecule has 1 atom stereocenters. The normalized spacial score (nSPS) is 14.9. The molecule has 10 heteroatoms. The Bertz CT molecular complexity index is 1230. The summed E-state index contributed by atoms with van der Waals surface area (Å²) in [5, 5.41) is 3.10. The number of carbonyl (C=O) groups excluding carboxylic acids is 2. The number of rotatable bonds is 11. The van der Waals surface area contributed by atoms with Crippen LogP contribution in [0.4, 0.5) is 5.69 Å². The van der Waals surface area contributed by atoms with E-state index in [1.165, 1.54) is 25.2 Å². The van der Waals surface area contributed by atoms with E-state index in [0.29, 0.717) is 5.75 Å². The Labute approximate surface area is 226 Å². The predicted molar refractivity (Wildman–Crippen MR) is 148 cm³/mol. The number of hydrogen-bond acceptors (Lipinski definition) is 6. The molecule has 1 aliphatic rings. The predicted octanol–water partition coefficient (Wildman–Crippen LogP) is 3.64. The van der Waals surface area contributed by atoms with Gasteiger partial charge in [0.15, 0.2) is 0 Å². The van der Waals surface area contributed by atoms with E-state index in [-0.39, 0.29) is 29.9 Å². The van der Waals surface area contributed by atoms with Gasteiger partial charge in [0, 0.05) is 18.7 Å². The molecule has 1 N–H and O–H groups in total. The van der Waals surface area contributed by atoms with Crippen molar-refractivity contribution < 1.29 is 27.5 Å². The fourth-order valence-corrected chi connectivity index (χ4v) is 5.55. The summed E-state index contributed by atoms with van der Waals surface area (Å²) in [5.74, 6) is -0.0602. The van der Waals surface area contributed by atoms with Crippen molar-refractivity contribution in [3.63, 3.8) is 0 Å². The molecule has 2 aromatic carbocycles. The van der Waals surface area contributed by atoms with E-state index in [2.05, 4.69) is 5.32 Å². The largest absolute Gasteiger partial charge is 0.497 e. The number of amides is 2. The van der Waals surface area contributed by atoms with Gasteiger partial charge < -0.3 is 19.7 Å². The number of benzene rings is 2. The van der Waals surface area contributed by atoms with Gasteiger partial charge in [0.25, 0.3) is 0 Å². The van der Waals surface area contributed by atoms with Crippen LogP contribution in [0.15, 0.2) is 42.5 Å². The first-order chi connectivity index (χ1) is 18.0. The topological polar surface area (TPSA) is 105 Å². The number of nitrogens with one attached hydrogen (secondary N) is 1. The van der Waals surface area contributed by atoms with E-state index in [4.69, 9.17) is 9.47 Å². The Morgan fingerprint density at radius 3 is 2.34 bits per heavy atom. The molecule has 0 saturated heterocycles. The second-order valence-corrected chi connectivity index (χ2v) is 11.7. The SMILES string of the molecule is COc1ccc(OC)c(N(CC(=O)N(Cc2ccccc2C)[C@H](C)C(=O)NC2CCCCC2)S(C)(=O)=O)c1. The van der Waals surface area contributed by atoms with Crippen LogP contribution >= 0.6 is 0 Å². The summed E-state index contributed by atoms with van der Waals surface area (Å²) in [4.78, 5) is 28.6. The highest BCUT2D eigenvalue weighted by molar-refractivity contribution is 7.92. The number of hydrogen-bond donors (Lipinski definition) is 1. The van der Waals surface area contributed by atoms with E-state index >= 15 is 0 Å². The molecule has 1 saturated carbocycles. The average molecular weight is 546 g/mol. The summed E-state index contributed by atoms with van der Waals surface area (Å²) in [6.45, 7) is 3.28. The Balaban J connectivity index is 1.94. The summed E-state index contributed by atoms with van der Waals surface area (Å²) in [5.41, 5.74) is 2.03. The molecule has 2 amide bonds. The second-order valence-electron chi connectivity index (χ2n) is 9.78. The maximum absolute atomic E-state index is 13.8. The Kier molecular flexibility index (Phi) is 10.0. The van der Waals surface area contributed by atoms with E-state index in [1.54, 1.807) is 19.1 Å². The third kappa shape index (κ3) is 7.40. The molecule has 0 bridgehead atoms. The first-order valence-corrected chi connectivity index (χ1v) is 14.7. The number of aryl methyl sites for hydroxylation is 1. The highest BCUT2D eigenvalue weighted by Gasteiger charge is 2.32. The van der Waals surface area contributed by atoms with Gasteiger partial charge >= 0.3 is 0 Å². The minimum Gasteiger partial charge on any atom is -0.497 e. The molecular formula is C28H39N3O6S. The minimum absolute atomic E-state index is 0.0858. The maximum atomic E-state index is 13.8. The van der Waals surface area contributed by atoms with Gasteiger partial charge in [0.1, 0.15) is 24.1 Å². The van der Waals surface area contributed by atoms with Crippen molar-refractivity contribution in [1.29, 1.82) is 0 Å². The van der Waals surface area contributed by atoms with Crippen LogP contribution in [0.5, 0.6) is 11.5 Å². The van der Waals surface area contributed by atoms with Crippen LogP contribution in [0.3, 0.4) is 0 Å². The molecular weight excluding hydrogens is 506 g/mol. The molecule has 1 fully saturated rings. The van der Waals surface area contributed by atoms with E-state index in [1.807, 2.05) is 31.2 Å². The van der Waals surface area contributed by atoms with Gasteiger partial charge in [0.2, 0.25) is 21.8 Å². The Morgan fingerprint density at radius 2 is 1.74 bits per heavy atom. The molecule has 38 heavy (non-hydrogen) atoms. The van der Waals surface area contributed by atoms with Gasteiger partial charge in [0.05, 0.1) is 26.2 Å². The number of ether oxygens (including phenoxy) is 2. The minimum atomic E-state index is -3.90. The zero-order chi connectivity index (χ0) is 27.9. The summed E-state index contributed by atoms with van der Waals surface area (Å²) in [6, 6.07) is 11.6. The third-order valence-electron chi connectivity index (χ3n) is 7.05. The summed E-state index contributed by atoms with van der Waals surface area (Å²) < 4.78 is 37.5. The Morgan fingerprint density at radius 1 is 1.05 bits per heavy atom. The van der Waals surface area contributed by atoms with Crippen molar-refractivity contribution in [2.75, 3.05) is 31.3 Å². The Hall–Kier alpha value is -3.27. The van der Waals surface area contributed by atoms with Crippen LogP contribution in [0, 0.1) is 6.92 Å². The van der Waals surface area contributed by atoms with Crippen LogP contribution in [-0.2, 0) is 26.2 Å². The molecule has 0 unspecified atom stereocenters. The molecule has 2 aromatic rings. The fraction of sp³-hybridized carbons (Fsp3) is 0.500. The van der Waals surface area contributed by atoms with Gasteiger partial charge in [-0.1, -0.05) is 43.5 Å². The summed E-state index contributed by atoms with van der Waals surface area (Å²) >= 11 is 0. The highest BCUT2D eigenvalue weighted by Crippen LogP contribution is 2.34. The molecule has 0 heterocycles. The molecule has 208 valence electrons. The third-order valence-corrected chi connectivity index (χ3v) is 8.18. The van der Waals surface area contributed by atoms with Crippen molar-refractivity contribution >= 4 is 27.5 Å². The highest BCUT2D eigenvalue weighted by atomic mass is 32.2. The van der Waals surface area contributed by atoms with Crippen LogP contribution in [0.1, 0.15) is 50.2 Å². The smallest absolute Gasteiger partial charge is 0.244 e. The van der Waals surface area contributed by atoms with Crippen molar-refractivity contribution in [2.45, 2.75) is 64.6 Å². The van der Waals surface area contributed by atoms with Crippen LogP contribution < -0.4 is 19.1 Å². The summed E-state index contributed by atoms with van der Waals surface area (Å²) in [7, 11) is -1.01. The van der Waals surface area contributed by atoms with Crippen LogP contribution in [0.25, 0.3) is 0 Å². The van der Waals surface area contributed by atoms with Crippen molar-refractivity contribution in [2.24, 2.45) is 0 Å². The first kappa shape index (κ1) is 29.3. The van der Waals surface area contributed by atoms with Gasteiger partial charge in [-0.05, 0) is 49.9 Å². The number of methoxy groups -OCH3 is 2. The molecule has 0 radical (unpaired) electrons. The fourth-order valence-electron chi connectivity index (χ4n) is 4.71. The molecule has 0 spiro atoms. The summed E-state index contributed by atoms with van der Waals surface area (Å²) in [6.07, 6.45) is 6.16. The van der Waals surface area contributed by atoms with Crippen molar-refractivity contribution in [1.82, 2.24) is 10.2 Å². The van der Waals surface area contributed by atoms with Crippen LogP contribution in [0.2, 0.25) is 0 Å². The number of nitrogens with zero attached hydrogens (tertiary/aromatic N) is 2. The lowest BCUT2D eigenvalue weighted by molar-refractivity contribution is -0.139. The standard InChI is InChI=1S/C28H39N3O6S/c1-20-11-9-10-12-22(20)18-30(21(2)28(33)29-23-13-7-6-8-14-23)27(32)19-31(38(5,34)35)25-17-24(36-3)15-16-26(25)37-4/h9-12,15-17,21,23H,6-8,13-14,18-19H2,1-5H3,(H,29,33)/t21-/m1/s1. The molecule has 3 rings (SSSR count). The van der Waals surface area contributed by atoms with E-state index < -0.39 is 28.5 Å². The van der Waals surface area contributed by atoms with Crippen molar-refractivity contribution in [3.8, 4) is 11.5 Å². The van der Waals surface area contributed by atoms with Gasteiger partial charge in [-0.15, -0.1) is 0 Å². The zero-order valence-electron chi connectivity index (χ0n) is 22.9. The lowest BCUT2D eigenvalue weighted by Crippen LogP contribution is -2.53. The maximum Gasteiger partial charge on any atom is 0.244 e. The molecule has 1 aliphatic carbocycles. The lowest BCUT2D eigenvalue weighted by atomic mass is 9.95. The zero-order valence-corrected chi connectivity index (χ0v) is 23.7. The van der Waals surface area contributed by atoms with Gasteiger partial charge in [-0.3, -0.25) is 13.9 Å². The lowest BCUT2D eigenvalue weighted by Gasteiger charge is -2.33. The van der Waals surface area contributed by atoms with Crippen molar-refractivity contribution in [3.05, 3.63) is 53.6 Å². The number of carbonyl (C=O) groups is 2.